The summed E-state index contributed by atoms with van der Waals surface area (Å²) in [5, 5.41) is 0. The highest BCUT2D eigenvalue weighted by molar-refractivity contribution is 14.1. The molecule has 9 heteroatoms. The first kappa shape index (κ1) is 12.6. The molecule has 0 fully saturated rings. The third-order valence-corrected chi connectivity index (χ3v) is 3.18. The van der Waals surface area contributed by atoms with Gasteiger partial charge >= 0.3 is 7.82 Å². The lowest BCUT2D eigenvalue weighted by molar-refractivity contribution is 0.281. The highest BCUT2D eigenvalue weighted by Gasteiger charge is 2.21. The second-order valence-corrected chi connectivity index (χ2v) is 5.04. The molecule has 0 unspecified atom stereocenters. The van der Waals surface area contributed by atoms with Crippen molar-refractivity contribution in [3.05, 3.63) is 27.3 Å². The highest BCUT2D eigenvalue weighted by atomic mass is 127. The van der Waals surface area contributed by atoms with Crippen LogP contribution in [0.3, 0.4) is 0 Å². The largest absolute Gasteiger partial charge is 0.524 e. The average molecular weight is 352 g/mol. The molecule has 15 heavy (non-hydrogen) atoms. The Balaban J connectivity index is 3.27. The van der Waals surface area contributed by atoms with Gasteiger partial charge in [-0.3, -0.25) is 12.9 Å². The molecular weight excluding hydrogens is 348 g/mol. The lowest BCUT2D eigenvalue weighted by Crippen LogP contribution is -1.96. The van der Waals surface area contributed by atoms with E-state index in [1.54, 1.807) is 0 Å². The van der Waals surface area contributed by atoms with Crippen molar-refractivity contribution in [2.45, 2.75) is 0 Å². The Hall–Kier alpha value is -0.440. The Bertz CT molecular complexity index is 445. The molecule has 0 radical (unpaired) electrons. The highest BCUT2D eigenvalue weighted by Crippen LogP contribution is 2.41. The molecule has 0 saturated carbocycles. The van der Waals surface area contributed by atoms with E-state index in [2.05, 4.69) is 4.52 Å². The van der Waals surface area contributed by atoms with Crippen LogP contribution in [-0.2, 0) is 7.63 Å². The van der Waals surface area contributed by atoms with Crippen LogP contribution in [-0.4, -0.2) is 9.79 Å². The van der Waals surface area contributed by atoms with Crippen LogP contribution in [0.5, 0.6) is 5.75 Å². The molecule has 1 rings (SSSR count). The van der Waals surface area contributed by atoms with Crippen LogP contribution >= 0.6 is 29.0 Å². The second kappa shape index (κ2) is 4.60. The van der Waals surface area contributed by atoms with Crippen LogP contribution in [0.4, 0.5) is 8.78 Å². The Morgan fingerprint density at radius 2 is 1.93 bits per heavy atom. The van der Waals surface area contributed by atoms with Crippen molar-refractivity contribution in [2.75, 3.05) is 0 Å². The van der Waals surface area contributed by atoms with Crippen molar-refractivity contribution >= 4 is 29.0 Å². The normalized spacial score (nSPS) is 11.5. The molecule has 0 heterocycles. The van der Waals surface area contributed by atoms with Crippen molar-refractivity contribution in [1.82, 2.24) is 0 Å². The molecule has 0 atom stereocenters. The summed E-state index contributed by atoms with van der Waals surface area (Å²) in [7, 11) is -4.92. The fraction of sp³-hybridized carbons (Fsp3) is 0. The maximum Gasteiger partial charge on any atom is 0.524 e. The summed E-state index contributed by atoms with van der Waals surface area (Å²) < 4.78 is 50.1. The minimum atomic E-state index is -4.92. The minimum Gasteiger partial charge on any atom is -0.403 e. The van der Waals surface area contributed by atoms with E-state index in [1.807, 2.05) is 0 Å². The van der Waals surface area contributed by atoms with Gasteiger partial charge in [0.1, 0.15) is 15.2 Å². The number of benzene rings is 1. The Kier molecular flexibility index (Phi) is 3.87. The van der Waals surface area contributed by atoms with Gasteiger partial charge in [0, 0.05) is 12.1 Å². The molecule has 5 nitrogen and oxygen atoms in total. The van der Waals surface area contributed by atoms with Gasteiger partial charge in [0.05, 0.1) is 0 Å². The molecule has 0 aliphatic carbocycles. The summed E-state index contributed by atoms with van der Waals surface area (Å²) in [5.41, 5.74) is 0. The molecule has 0 spiro atoms. The molecule has 2 N–H and O–H groups in total. The predicted octanol–water partition coefficient (Wildman–Crippen LogP) is 1.92. The molecule has 0 aliphatic rings. The Morgan fingerprint density at radius 1 is 1.33 bits per heavy atom. The molecule has 1 aromatic rings. The molecule has 1 aromatic carbocycles. The first-order valence-corrected chi connectivity index (χ1v) is 6.84. The van der Waals surface area contributed by atoms with Gasteiger partial charge in [-0.25, -0.2) is 13.3 Å². The van der Waals surface area contributed by atoms with Gasteiger partial charge in [0.25, 0.3) is 0 Å². The molecule has 0 saturated heterocycles. The zero-order valence-electron chi connectivity index (χ0n) is 6.85. The number of hydrogen-bond acceptors (Lipinski definition) is 3. The lowest BCUT2D eigenvalue weighted by atomic mass is 10.3. The third kappa shape index (κ3) is 3.56. The van der Waals surface area contributed by atoms with Crippen molar-refractivity contribution in [1.29, 1.82) is 0 Å². The number of hydrogen-bond donors (Lipinski definition) is 2. The van der Waals surface area contributed by atoms with E-state index >= 15 is 0 Å². The first-order valence-electron chi connectivity index (χ1n) is 3.35. The molecule has 0 aromatic heterocycles. The molecule has 0 bridgehead atoms. The van der Waals surface area contributed by atoms with Crippen molar-refractivity contribution in [2.24, 2.45) is 0 Å². The monoisotopic (exact) mass is 352 g/mol. The number of rotatable bonds is 3. The number of phosphoric acid groups is 1. The van der Waals surface area contributed by atoms with E-state index in [0.717, 1.165) is 0 Å². The van der Waals surface area contributed by atoms with E-state index in [9.17, 15) is 16.4 Å². The van der Waals surface area contributed by atoms with Crippen LogP contribution in [0.15, 0.2) is 12.1 Å². The van der Waals surface area contributed by atoms with Crippen LogP contribution in [0.2, 0.25) is 0 Å². The van der Waals surface area contributed by atoms with E-state index in [1.165, 1.54) is 0 Å². The van der Waals surface area contributed by atoms with Crippen LogP contribution in [0.1, 0.15) is 0 Å². The molecular formula is C6H4F2IO5P. The van der Waals surface area contributed by atoms with E-state index < -0.39 is 50.0 Å². The molecule has 0 aliphatic heterocycles. The van der Waals surface area contributed by atoms with Gasteiger partial charge in [0.15, 0.2) is 26.9 Å². The topological polar surface area (TPSA) is 83.8 Å². The van der Waals surface area contributed by atoms with E-state index in [4.69, 9.17) is 9.79 Å². The maximum absolute atomic E-state index is 12.9. The van der Waals surface area contributed by atoms with Crippen LogP contribution in [0, 0.1) is 15.2 Å². The Morgan fingerprint density at radius 3 is 2.40 bits per heavy atom. The molecule has 0 amide bonds. The second-order valence-electron chi connectivity index (χ2n) is 2.36. The molecule has 84 valence electrons. The van der Waals surface area contributed by atoms with Crippen LogP contribution < -0.4 is 4.52 Å². The van der Waals surface area contributed by atoms with E-state index in [0.29, 0.717) is 12.1 Å². The van der Waals surface area contributed by atoms with Gasteiger partial charge in [-0.1, -0.05) is 0 Å². The average Bonchev–Trinajstić information content (AvgIpc) is 1.99. The standard InChI is InChI=1S/C6H4F2IO5P/c7-3-1-4(8)6(9-10)5(2-3)14-15(11,12)13/h1-2H,(H2,11,12,13). The summed E-state index contributed by atoms with van der Waals surface area (Å²) in [6.07, 6.45) is 0. The first-order chi connectivity index (χ1) is 6.83. The summed E-state index contributed by atoms with van der Waals surface area (Å²) in [4.78, 5) is 16.9. The smallest absolute Gasteiger partial charge is 0.403 e. The van der Waals surface area contributed by atoms with Gasteiger partial charge < -0.3 is 4.52 Å². The Labute approximate surface area is 93.0 Å². The van der Waals surface area contributed by atoms with Gasteiger partial charge in [-0.15, -0.1) is 0 Å². The summed E-state index contributed by atoms with van der Waals surface area (Å²) in [6, 6.07) is 1.02. The quantitative estimate of drug-likeness (QED) is 0.494. The van der Waals surface area contributed by atoms with Crippen molar-refractivity contribution < 1.29 is 30.7 Å². The maximum atomic E-state index is 12.9. The van der Waals surface area contributed by atoms with E-state index in [-0.39, 0.29) is 0 Å². The van der Waals surface area contributed by atoms with Gasteiger partial charge in [0.2, 0.25) is 0 Å². The SMILES string of the molecule is O=Ic1c(F)cc(F)cc1OP(=O)(O)O. The predicted molar refractivity (Wildman–Crippen MR) is 52.4 cm³/mol. The lowest BCUT2D eigenvalue weighted by Gasteiger charge is -2.08. The summed E-state index contributed by atoms with van der Waals surface area (Å²) in [5.74, 6) is -2.96. The summed E-state index contributed by atoms with van der Waals surface area (Å²) >= 11 is -2.06. The van der Waals surface area contributed by atoms with Crippen molar-refractivity contribution in [3.63, 3.8) is 0 Å². The van der Waals surface area contributed by atoms with Crippen LogP contribution in [0.25, 0.3) is 0 Å². The fourth-order valence-corrected chi connectivity index (χ4v) is 2.23. The number of phosphoric ester groups is 1. The fourth-order valence-electron chi connectivity index (χ4n) is 0.802. The zero-order valence-corrected chi connectivity index (χ0v) is 9.91. The number of halogens is 3. The van der Waals surface area contributed by atoms with Gasteiger partial charge in [-0.2, -0.15) is 0 Å². The van der Waals surface area contributed by atoms with Crippen molar-refractivity contribution in [3.8, 4) is 5.75 Å². The summed E-state index contributed by atoms with van der Waals surface area (Å²) in [6.45, 7) is 0. The van der Waals surface area contributed by atoms with Gasteiger partial charge in [-0.05, 0) is 0 Å². The minimum absolute atomic E-state index is 0.458. The third-order valence-electron chi connectivity index (χ3n) is 1.25. The zero-order chi connectivity index (χ0) is 11.6.